The SMILES string of the molecule is CCOc1ccccc1C(=O)OCC(=O)c1ccc2c(c1)[C@@H](C)C(=O)N2. The number of rotatable bonds is 6. The molecule has 3 rings (SSSR count). The summed E-state index contributed by atoms with van der Waals surface area (Å²) < 4.78 is 10.5. The van der Waals surface area contributed by atoms with Gasteiger partial charge in [0.05, 0.1) is 12.5 Å². The zero-order valence-corrected chi connectivity index (χ0v) is 14.6. The van der Waals surface area contributed by atoms with Crippen molar-refractivity contribution in [2.24, 2.45) is 0 Å². The molecule has 0 aromatic heterocycles. The Hall–Kier alpha value is -3.15. The minimum Gasteiger partial charge on any atom is -0.493 e. The summed E-state index contributed by atoms with van der Waals surface area (Å²) in [6.07, 6.45) is 0. The first-order valence-electron chi connectivity index (χ1n) is 8.38. The molecule has 0 spiro atoms. The van der Waals surface area contributed by atoms with Crippen LogP contribution in [0.25, 0.3) is 0 Å². The van der Waals surface area contributed by atoms with Crippen LogP contribution in [0, 0.1) is 0 Å². The van der Waals surface area contributed by atoms with Gasteiger partial charge in [-0.25, -0.2) is 4.79 Å². The summed E-state index contributed by atoms with van der Waals surface area (Å²) in [7, 11) is 0. The second kappa shape index (κ2) is 7.39. The van der Waals surface area contributed by atoms with Gasteiger partial charge in [-0.15, -0.1) is 0 Å². The monoisotopic (exact) mass is 353 g/mol. The number of hydrogen-bond donors (Lipinski definition) is 1. The summed E-state index contributed by atoms with van der Waals surface area (Å²) in [5.41, 5.74) is 2.16. The first-order chi connectivity index (χ1) is 12.5. The molecule has 1 aliphatic heterocycles. The molecule has 0 unspecified atom stereocenters. The lowest BCUT2D eigenvalue weighted by Gasteiger charge is -2.10. The second-order valence-corrected chi connectivity index (χ2v) is 5.94. The molecule has 6 nitrogen and oxygen atoms in total. The molecule has 1 atom stereocenters. The molecule has 0 fully saturated rings. The highest BCUT2D eigenvalue weighted by Gasteiger charge is 2.27. The number of ether oxygens (including phenoxy) is 2. The van der Waals surface area contributed by atoms with Gasteiger partial charge in [-0.05, 0) is 49.7 Å². The van der Waals surface area contributed by atoms with Gasteiger partial charge in [-0.1, -0.05) is 12.1 Å². The van der Waals surface area contributed by atoms with Crippen LogP contribution in [0.5, 0.6) is 5.75 Å². The number of para-hydroxylation sites is 1. The van der Waals surface area contributed by atoms with Crippen molar-refractivity contribution >= 4 is 23.3 Å². The van der Waals surface area contributed by atoms with Crippen LogP contribution in [0.3, 0.4) is 0 Å². The number of nitrogens with one attached hydrogen (secondary N) is 1. The lowest BCUT2D eigenvalue weighted by molar-refractivity contribution is -0.116. The number of ketones is 1. The van der Waals surface area contributed by atoms with Gasteiger partial charge in [0.1, 0.15) is 11.3 Å². The predicted molar refractivity (Wildman–Crippen MR) is 95.7 cm³/mol. The van der Waals surface area contributed by atoms with E-state index in [1.54, 1.807) is 49.4 Å². The van der Waals surface area contributed by atoms with E-state index in [2.05, 4.69) is 5.32 Å². The molecule has 26 heavy (non-hydrogen) atoms. The molecular weight excluding hydrogens is 334 g/mol. The first-order valence-corrected chi connectivity index (χ1v) is 8.38. The third-order valence-corrected chi connectivity index (χ3v) is 4.23. The van der Waals surface area contributed by atoms with E-state index < -0.39 is 5.97 Å². The van der Waals surface area contributed by atoms with E-state index in [1.165, 1.54) is 0 Å². The maximum Gasteiger partial charge on any atom is 0.342 e. The lowest BCUT2D eigenvalue weighted by atomic mass is 9.99. The number of Topliss-reactive ketones (excluding diaryl/α,β-unsaturated/α-hetero) is 1. The maximum atomic E-state index is 12.4. The Morgan fingerprint density at radius 3 is 2.69 bits per heavy atom. The molecule has 0 saturated heterocycles. The van der Waals surface area contributed by atoms with E-state index >= 15 is 0 Å². The number of anilines is 1. The van der Waals surface area contributed by atoms with Crippen molar-refractivity contribution in [3.8, 4) is 5.75 Å². The predicted octanol–water partition coefficient (Wildman–Crippen LogP) is 3.18. The minimum atomic E-state index is -0.617. The zero-order valence-electron chi connectivity index (χ0n) is 14.6. The first kappa shape index (κ1) is 17.7. The molecule has 134 valence electrons. The number of carbonyl (C=O) groups excluding carboxylic acids is 3. The molecule has 0 radical (unpaired) electrons. The molecule has 1 heterocycles. The number of fused-ring (bicyclic) bond motifs is 1. The Bertz CT molecular complexity index is 874. The summed E-state index contributed by atoms with van der Waals surface area (Å²) in [6.45, 7) is 3.64. The Balaban J connectivity index is 1.68. The Morgan fingerprint density at radius 1 is 1.15 bits per heavy atom. The van der Waals surface area contributed by atoms with Gasteiger partial charge in [0.25, 0.3) is 0 Å². The molecule has 1 amide bonds. The fraction of sp³-hybridized carbons (Fsp3) is 0.250. The average molecular weight is 353 g/mol. The van der Waals surface area contributed by atoms with Crippen molar-refractivity contribution in [1.29, 1.82) is 0 Å². The van der Waals surface area contributed by atoms with Crippen molar-refractivity contribution in [3.63, 3.8) is 0 Å². The van der Waals surface area contributed by atoms with E-state index in [-0.39, 0.29) is 29.8 Å². The van der Waals surface area contributed by atoms with E-state index in [1.807, 2.05) is 6.92 Å². The number of benzene rings is 2. The van der Waals surface area contributed by atoms with Crippen LogP contribution < -0.4 is 10.1 Å². The van der Waals surface area contributed by atoms with Gasteiger partial charge >= 0.3 is 5.97 Å². The highest BCUT2D eigenvalue weighted by Crippen LogP contribution is 2.32. The van der Waals surface area contributed by atoms with Crippen molar-refractivity contribution in [2.75, 3.05) is 18.5 Å². The van der Waals surface area contributed by atoms with Gasteiger partial charge in [0.2, 0.25) is 5.91 Å². The topological polar surface area (TPSA) is 81.7 Å². The molecule has 2 aromatic rings. The number of hydrogen-bond acceptors (Lipinski definition) is 5. The molecular formula is C20H19NO5. The lowest BCUT2D eigenvalue weighted by Crippen LogP contribution is -2.15. The molecule has 1 aliphatic rings. The Labute approximate surface area is 151 Å². The van der Waals surface area contributed by atoms with Gasteiger partial charge in [0.15, 0.2) is 12.4 Å². The van der Waals surface area contributed by atoms with Crippen molar-refractivity contribution in [1.82, 2.24) is 0 Å². The average Bonchev–Trinajstić information content (AvgIpc) is 2.94. The highest BCUT2D eigenvalue weighted by molar-refractivity contribution is 6.05. The van der Waals surface area contributed by atoms with Crippen LogP contribution in [0.15, 0.2) is 42.5 Å². The molecule has 2 aromatic carbocycles. The zero-order chi connectivity index (χ0) is 18.7. The van der Waals surface area contributed by atoms with Gasteiger partial charge in [-0.3, -0.25) is 9.59 Å². The van der Waals surface area contributed by atoms with E-state index in [0.29, 0.717) is 23.6 Å². The van der Waals surface area contributed by atoms with Crippen molar-refractivity contribution < 1.29 is 23.9 Å². The van der Waals surface area contributed by atoms with Gasteiger partial charge < -0.3 is 14.8 Å². The Kier molecular flexibility index (Phi) is 5.02. The van der Waals surface area contributed by atoms with Crippen LogP contribution in [0.2, 0.25) is 0 Å². The molecule has 1 N–H and O–H groups in total. The van der Waals surface area contributed by atoms with Crippen LogP contribution in [-0.2, 0) is 9.53 Å². The van der Waals surface area contributed by atoms with Crippen LogP contribution >= 0.6 is 0 Å². The summed E-state index contributed by atoms with van der Waals surface area (Å²) in [6, 6.07) is 11.7. The van der Waals surface area contributed by atoms with E-state index in [9.17, 15) is 14.4 Å². The standard InChI is InChI=1S/C20H19NO5/c1-3-25-18-7-5-4-6-14(18)20(24)26-11-17(22)13-8-9-16-15(10-13)12(2)19(23)21-16/h4-10,12H,3,11H2,1-2H3,(H,21,23)/t12-/m1/s1. The van der Waals surface area contributed by atoms with Crippen LogP contribution in [0.4, 0.5) is 5.69 Å². The van der Waals surface area contributed by atoms with Crippen LogP contribution in [0.1, 0.15) is 46.0 Å². The largest absolute Gasteiger partial charge is 0.493 e. The minimum absolute atomic E-state index is 0.0939. The smallest absolute Gasteiger partial charge is 0.342 e. The number of esters is 1. The quantitative estimate of drug-likeness (QED) is 0.637. The molecule has 6 heteroatoms. The molecule has 0 aliphatic carbocycles. The van der Waals surface area contributed by atoms with Crippen LogP contribution in [-0.4, -0.2) is 30.9 Å². The highest BCUT2D eigenvalue weighted by atomic mass is 16.5. The van der Waals surface area contributed by atoms with Crippen molar-refractivity contribution in [3.05, 3.63) is 59.2 Å². The fourth-order valence-corrected chi connectivity index (χ4v) is 2.80. The third kappa shape index (κ3) is 3.44. The van der Waals surface area contributed by atoms with E-state index in [4.69, 9.17) is 9.47 Å². The fourth-order valence-electron chi connectivity index (χ4n) is 2.80. The normalized spacial score (nSPS) is 15.2. The summed E-state index contributed by atoms with van der Waals surface area (Å²) in [5.74, 6) is -0.930. The van der Waals surface area contributed by atoms with Gasteiger partial charge in [-0.2, -0.15) is 0 Å². The number of carbonyl (C=O) groups is 3. The summed E-state index contributed by atoms with van der Waals surface area (Å²) >= 11 is 0. The molecule has 0 bridgehead atoms. The second-order valence-electron chi connectivity index (χ2n) is 5.94. The number of amides is 1. The third-order valence-electron chi connectivity index (χ3n) is 4.23. The molecule has 0 saturated carbocycles. The summed E-state index contributed by atoms with van der Waals surface area (Å²) in [5, 5.41) is 2.75. The van der Waals surface area contributed by atoms with Gasteiger partial charge in [0, 0.05) is 11.3 Å². The van der Waals surface area contributed by atoms with E-state index in [0.717, 1.165) is 5.56 Å². The summed E-state index contributed by atoms with van der Waals surface area (Å²) in [4.78, 5) is 36.3. The van der Waals surface area contributed by atoms with Crippen molar-refractivity contribution in [2.45, 2.75) is 19.8 Å². The Morgan fingerprint density at radius 2 is 1.92 bits per heavy atom. The maximum absolute atomic E-state index is 12.4.